The number of nitrogens with zero attached hydrogens (tertiary/aromatic N) is 3. The molecule has 0 unspecified atom stereocenters. The second-order valence-corrected chi connectivity index (χ2v) is 13.7. The van der Waals surface area contributed by atoms with Gasteiger partial charge in [-0.3, -0.25) is 28.7 Å². The Balaban J connectivity index is 1.76. The van der Waals surface area contributed by atoms with Crippen molar-refractivity contribution in [3.05, 3.63) is 47.3 Å². The molecule has 59 heavy (non-hydrogen) atoms. The number of hydrogen-bond acceptors (Lipinski definition) is 16. The highest BCUT2D eigenvalue weighted by atomic mass is 16.7. The van der Waals surface area contributed by atoms with Crippen molar-refractivity contribution in [2.24, 2.45) is 0 Å². The molecule has 5 atom stereocenters. The van der Waals surface area contributed by atoms with Crippen molar-refractivity contribution in [3.63, 3.8) is 0 Å². The number of ether oxygens (including phenoxy) is 8. The average molecular weight is 830 g/mol. The lowest BCUT2D eigenvalue weighted by molar-refractivity contribution is -0.300. The van der Waals surface area contributed by atoms with Gasteiger partial charge in [-0.15, -0.1) is 11.5 Å². The molecule has 19 heteroatoms. The number of unbranched alkanes of at least 4 members (excludes halogenated alkanes) is 3. The molecule has 3 rings (SSSR count). The maximum absolute atomic E-state index is 13.5. The molecular weight excluding hydrogens is 774 g/mol. The number of esters is 4. The van der Waals surface area contributed by atoms with Crippen LogP contribution in [-0.4, -0.2) is 128 Å². The van der Waals surface area contributed by atoms with Gasteiger partial charge in [-0.1, -0.05) is 36.1 Å². The molecule has 1 aliphatic heterocycles. The first-order valence-electron chi connectivity index (χ1n) is 19.2. The molecule has 324 valence electrons. The summed E-state index contributed by atoms with van der Waals surface area (Å²) in [6.07, 6.45) is 5.78. The summed E-state index contributed by atoms with van der Waals surface area (Å²) < 4.78 is 45.9. The van der Waals surface area contributed by atoms with Gasteiger partial charge in [0.1, 0.15) is 17.9 Å². The molecule has 2 amide bonds. The zero-order valence-electron chi connectivity index (χ0n) is 34.2. The van der Waals surface area contributed by atoms with Crippen LogP contribution < -0.4 is 10.6 Å². The smallest absolute Gasteiger partial charge is 0.366 e. The fourth-order valence-corrected chi connectivity index (χ4v) is 6.20. The van der Waals surface area contributed by atoms with E-state index >= 15 is 0 Å². The van der Waals surface area contributed by atoms with Crippen LogP contribution in [-0.2, 0) is 86.2 Å². The van der Waals surface area contributed by atoms with Gasteiger partial charge in [0.2, 0.25) is 5.91 Å². The number of carbonyl (C=O) groups is 6. The first-order valence-corrected chi connectivity index (χ1v) is 19.2. The van der Waals surface area contributed by atoms with Crippen molar-refractivity contribution in [2.45, 2.75) is 109 Å². The number of nitrogens with one attached hydrogen (secondary N) is 2. The van der Waals surface area contributed by atoms with Crippen molar-refractivity contribution in [1.82, 2.24) is 25.6 Å². The summed E-state index contributed by atoms with van der Waals surface area (Å²) in [4.78, 5) is 75.7. The molecule has 0 saturated carbocycles. The molecule has 2 aromatic rings. The third-order valence-corrected chi connectivity index (χ3v) is 8.89. The van der Waals surface area contributed by atoms with Gasteiger partial charge in [-0.25, -0.2) is 4.79 Å². The van der Waals surface area contributed by atoms with Crippen LogP contribution in [0.3, 0.4) is 0 Å². The molecule has 0 spiro atoms. The largest absolute Gasteiger partial charge is 0.465 e. The Kier molecular flexibility index (Phi) is 20.4. The van der Waals surface area contributed by atoms with Gasteiger partial charge >= 0.3 is 23.9 Å². The van der Waals surface area contributed by atoms with E-state index in [1.54, 1.807) is 36.1 Å². The highest BCUT2D eigenvalue weighted by Crippen LogP contribution is 2.36. The zero-order valence-corrected chi connectivity index (χ0v) is 34.2. The van der Waals surface area contributed by atoms with E-state index in [1.165, 1.54) is 6.92 Å². The molecule has 1 fully saturated rings. The highest BCUT2D eigenvalue weighted by molar-refractivity contribution is 5.81. The summed E-state index contributed by atoms with van der Waals surface area (Å²) in [5, 5.41) is 13.6. The van der Waals surface area contributed by atoms with Gasteiger partial charge in [-0.2, -0.15) is 0 Å². The van der Waals surface area contributed by atoms with Gasteiger partial charge in [0.05, 0.1) is 71.3 Å². The fourth-order valence-electron chi connectivity index (χ4n) is 6.20. The second kappa shape index (κ2) is 25.2. The molecule has 1 aliphatic rings. The van der Waals surface area contributed by atoms with Crippen LogP contribution in [0.1, 0.15) is 76.1 Å². The molecule has 1 saturated heterocycles. The quantitative estimate of drug-likeness (QED) is 0.0622. The molecular formula is C40H55N5O14. The molecule has 1 aromatic carbocycles. The topological polar surface area (TPSA) is 231 Å². The maximum Gasteiger partial charge on any atom is 0.366 e. The van der Waals surface area contributed by atoms with E-state index < -0.39 is 78.9 Å². The third kappa shape index (κ3) is 17.1. The van der Waals surface area contributed by atoms with Crippen LogP contribution in [0.4, 0.5) is 0 Å². The average Bonchev–Trinajstić information content (AvgIpc) is 3.65. The number of amides is 2. The predicted octanol–water partition coefficient (Wildman–Crippen LogP) is 1.32. The first-order chi connectivity index (χ1) is 28.3. The summed E-state index contributed by atoms with van der Waals surface area (Å²) in [5.74, 6) is -3.87. The van der Waals surface area contributed by atoms with Gasteiger partial charge < -0.3 is 48.5 Å². The van der Waals surface area contributed by atoms with E-state index in [0.717, 1.165) is 33.8 Å². The normalized spacial score (nSPS) is 19.1. The molecule has 2 N–H and O–H groups in total. The molecule has 1 aromatic heterocycles. The van der Waals surface area contributed by atoms with Crippen LogP contribution in [0.5, 0.6) is 0 Å². The SMILES string of the molecule is C#Cc1ccc(CC(=O)NC[C@H](C[C@@H]2O[C@@](OCCCCCCn3cc(COCCOC)nn3)(C(=O)OC)C[C@H](OC(C)=O)[C@H]2NC(=O)COC(C)=O)OC(C)=O)cc1. The minimum absolute atomic E-state index is 0.00722. The van der Waals surface area contributed by atoms with Crippen LogP contribution in [0, 0.1) is 12.3 Å². The molecule has 2 heterocycles. The van der Waals surface area contributed by atoms with Gasteiger partial charge in [-0.05, 0) is 30.5 Å². The Morgan fingerprint density at radius 2 is 1.71 bits per heavy atom. The van der Waals surface area contributed by atoms with E-state index in [9.17, 15) is 28.8 Å². The van der Waals surface area contributed by atoms with Gasteiger partial charge in [0.25, 0.3) is 11.7 Å². The minimum Gasteiger partial charge on any atom is -0.465 e. The van der Waals surface area contributed by atoms with E-state index in [4.69, 9.17) is 44.3 Å². The summed E-state index contributed by atoms with van der Waals surface area (Å²) in [5.41, 5.74) is 2.05. The molecule has 0 radical (unpaired) electrons. The number of benzene rings is 1. The Labute approximate surface area is 343 Å². The third-order valence-electron chi connectivity index (χ3n) is 8.89. The zero-order chi connectivity index (χ0) is 43.2. The van der Waals surface area contributed by atoms with Crippen molar-refractivity contribution in [2.75, 3.05) is 47.2 Å². The minimum atomic E-state index is -2.13. The van der Waals surface area contributed by atoms with E-state index in [1.807, 2.05) is 6.20 Å². The Bertz CT molecular complexity index is 1730. The lowest BCUT2D eigenvalue weighted by Crippen LogP contribution is -2.66. The van der Waals surface area contributed by atoms with Crippen molar-refractivity contribution < 1.29 is 66.7 Å². The number of aromatic nitrogens is 3. The first kappa shape index (κ1) is 48.0. The summed E-state index contributed by atoms with van der Waals surface area (Å²) >= 11 is 0. The van der Waals surface area contributed by atoms with Crippen LogP contribution in [0.25, 0.3) is 0 Å². The fraction of sp³-hybridized carbons (Fsp3) is 0.600. The van der Waals surface area contributed by atoms with Crippen LogP contribution >= 0.6 is 0 Å². The Morgan fingerprint density at radius 3 is 2.37 bits per heavy atom. The number of terminal acetylenes is 1. The van der Waals surface area contributed by atoms with Gasteiger partial charge in [0, 0.05) is 46.4 Å². The Morgan fingerprint density at radius 1 is 0.966 bits per heavy atom. The van der Waals surface area contributed by atoms with Crippen molar-refractivity contribution >= 4 is 35.7 Å². The summed E-state index contributed by atoms with van der Waals surface area (Å²) in [6.45, 7) is 4.50. The van der Waals surface area contributed by atoms with Gasteiger partial charge in [0.15, 0.2) is 6.61 Å². The molecule has 19 nitrogen and oxygen atoms in total. The maximum atomic E-state index is 13.5. The lowest BCUT2D eigenvalue weighted by atomic mass is 9.89. The number of carbonyl (C=O) groups excluding carboxylic acids is 6. The number of rotatable bonds is 25. The predicted molar refractivity (Wildman–Crippen MR) is 206 cm³/mol. The van der Waals surface area contributed by atoms with Crippen LogP contribution in [0.15, 0.2) is 30.5 Å². The monoisotopic (exact) mass is 829 g/mol. The second-order valence-electron chi connectivity index (χ2n) is 13.7. The Hall–Kier alpha value is -5.42. The van der Waals surface area contributed by atoms with Crippen LogP contribution in [0.2, 0.25) is 0 Å². The number of aryl methyl sites for hydroxylation is 1. The summed E-state index contributed by atoms with van der Waals surface area (Å²) in [6, 6.07) is 5.66. The van der Waals surface area contributed by atoms with Crippen molar-refractivity contribution in [3.8, 4) is 12.3 Å². The van der Waals surface area contributed by atoms with E-state index in [2.05, 4.69) is 26.9 Å². The number of hydrogen-bond donors (Lipinski definition) is 2. The molecule has 0 bridgehead atoms. The summed E-state index contributed by atoms with van der Waals surface area (Å²) in [7, 11) is 2.74. The molecule has 0 aliphatic carbocycles. The lowest BCUT2D eigenvalue weighted by Gasteiger charge is -2.46. The number of methoxy groups -OCH3 is 2. The highest BCUT2D eigenvalue weighted by Gasteiger charge is 2.56. The van der Waals surface area contributed by atoms with Crippen molar-refractivity contribution in [1.29, 1.82) is 0 Å². The van der Waals surface area contributed by atoms with E-state index in [0.29, 0.717) is 56.0 Å². The standard InChI is InChI=1S/C40H55N5O14/c1-7-30-12-14-31(15-13-30)20-36(49)41-23-33(57-28(3)47)21-34-38(42-37(50)26-55-27(2)46)35(58-29(4)48)22-40(59-34,39(51)53-6)56-17-11-9-8-10-16-45-24-32(43-44-45)25-54-19-18-52-5/h1,12-15,24,33-35,38H,8-11,16-23,25-26H2,2-6H3,(H,41,49)(H,42,50)/t33-,34-,35-,38-,40+/m0/s1. The van der Waals surface area contributed by atoms with E-state index in [-0.39, 0.29) is 26.0 Å².